The van der Waals surface area contributed by atoms with Crippen molar-refractivity contribution < 1.29 is 9.53 Å². The number of urea groups is 1. The zero-order valence-corrected chi connectivity index (χ0v) is 11.6. The Morgan fingerprint density at radius 2 is 2.39 bits per heavy atom. The molecule has 2 amide bonds. The Hall–Kier alpha value is -0.780. The normalized spacial score (nSPS) is 18.8. The number of carbonyl (C=O) groups excluding carboxylic acids is 1. The summed E-state index contributed by atoms with van der Waals surface area (Å²) in [5, 5.41) is 5.70. The van der Waals surface area contributed by atoms with E-state index in [9.17, 15) is 4.79 Å². The lowest BCUT2D eigenvalue weighted by molar-refractivity contribution is 0.185. The molecule has 0 saturated carbocycles. The number of nitrogens with one attached hydrogen (secondary N) is 2. The quantitative estimate of drug-likeness (QED) is 0.873. The highest BCUT2D eigenvalue weighted by atomic mass is 35.5. The van der Waals surface area contributed by atoms with Crippen LogP contribution in [-0.2, 0) is 11.2 Å². The van der Waals surface area contributed by atoms with E-state index in [2.05, 4.69) is 10.6 Å². The van der Waals surface area contributed by atoms with E-state index < -0.39 is 0 Å². The fraction of sp³-hybridized carbons (Fsp3) is 0.583. The standard InChI is InChI=1S/C12H17ClN2O2S/c13-11-2-1-10(18-11)3-5-14-12(16)15-7-9-4-6-17-8-9/h1-2,9H,3-8H2,(H2,14,15,16). The highest BCUT2D eigenvalue weighted by Crippen LogP contribution is 2.21. The molecule has 0 aliphatic carbocycles. The molecule has 1 fully saturated rings. The van der Waals surface area contributed by atoms with Crippen molar-refractivity contribution in [3.63, 3.8) is 0 Å². The maximum absolute atomic E-state index is 11.5. The van der Waals surface area contributed by atoms with Gasteiger partial charge in [-0.3, -0.25) is 0 Å². The van der Waals surface area contributed by atoms with Crippen molar-refractivity contribution in [2.75, 3.05) is 26.3 Å². The zero-order valence-electron chi connectivity index (χ0n) is 10.1. The van der Waals surface area contributed by atoms with Gasteiger partial charge in [0.15, 0.2) is 0 Å². The van der Waals surface area contributed by atoms with Gasteiger partial charge in [0.05, 0.1) is 10.9 Å². The topological polar surface area (TPSA) is 50.4 Å². The summed E-state index contributed by atoms with van der Waals surface area (Å²) >= 11 is 7.38. The second kappa shape index (κ2) is 6.97. The molecule has 2 heterocycles. The van der Waals surface area contributed by atoms with Gasteiger partial charge in [0.25, 0.3) is 0 Å². The van der Waals surface area contributed by atoms with Crippen molar-refractivity contribution in [1.82, 2.24) is 10.6 Å². The Bertz CT molecular complexity index is 391. The van der Waals surface area contributed by atoms with Crippen LogP contribution < -0.4 is 10.6 Å². The number of ether oxygens (including phenoxy) is 1. The molecule has 1 aliphatic heterocycles. The molecule has 100 valence electrons. The van der Waals surface area contributed by atoms with Gasteiger partial charge >= 0.3 is 6.03 Å². The van der Waals surface area contributed by atoms with Crippen LogP contribution in [0.4, 0.5) is 4.79 Å². The van der Waals surface area contributed by atoms with Crippen LogP contribution in [0.15, 0.2) is 12.1 Å². The number of hydrogen-bond acceptors (Lipinski definition) is 3. The van der Waals surface area contributed by atoms with Gasteiger partial charge in [-0.25, -0.2) is 4.79 Å². The summed E-state index contributed by atoms with van der Waals surface area (Å²) in [6.45, 7) is 2.89. The van der Waals surface area contributed by atoms with E-state index in [1.54, 1.807) is 11.3 Å². The molecule has 1 saturated heterocycles. The number of rotatable bonds is 5. The summed E-state index contributed by atoms with van der Waals surface area (Å²) in [4.78, 5) is 12.7. The highest BCUT2D eigenvalue weighted by Gasteiger charge is 2.15. The molecule has 1 aromatic heterocycles. The smallest absolute Gasteiger partial charge is 0.314 e. The Morgan fingerprint density at radius 3 is 3.06 bits per heavy atom. The summed E-state index contributed by atoms with van der Waals surface area (Å²) in [5.74, 6) is 0.465. The molecule has 0 aromatic carbocycles. The van der Waals surface area contributed by atoms with Gasteiger partial charge < -0.3 is 15.4 Å². The Balaban J connectivity index is 1.57. The second-order valence-corrected chi connectivity index (χ2v) is 6.12. The number of carbonyl (C=O) groups is 1. The third-order valence-electron chi connectivity index (χ3n) is 2.86. The first-order valence-electron chi connectivity index (χ1n) is 6.07. The van der Waals surface area contributed by atoms with Crippen molar-refractivity contribution >= 4 is 29.0 Å². The van der Waals surface area contributed by atoms with Crippen LogP contribution in [0.3, 0.4) is 0 Å². The maximum atomic E-state index is 11.5. The molecule has 4 nitrogen and oxygen atoms in total. The molecule has 0 spiro atoms. The molecule has 2 N–H and O–H groups in total. The monoisotopic (exact) mass is 288 g/mol. The summed E-state index contributed by atoms with van der Waals surface area (Å²) in [6.07, 6.45) is 1.85. The van der Waals surface area contributed by atoms with E-state index in [1.165, 1.54) is 4.88 Å². The Labute approximate surface area is 116 Å². The summed E-state index contributed by atoms with van der Waals surface area (Å²) < 4.78 is 6.04. The van der Waals surface area contributed by atoms with Crippen molar-refractivity contribution in [2.24, 2.45) is 5.92 Å². The third kappa shape index (κ3) is 4.48. The minimum Gasteiger partial charge on any atom is -0.381 e. The Morgan fingerprint density at radius 1 is 1.50 bits per heavy atom. The van der Waals surface area contributed by atoms with Gasteiger partial charge in [0, 0.05) is 30.5 Å². The zero-order chi connectivity index (χ0) is 12.8. The van der Waals surface area contributed by atoms with E-state index in [0.717, 1.165) is 30.4 Å². The van der Waals surface area contributed by atoms with Crippen LogP contribution in [0, 0.1) is 5.92 Å². The summed E-state index contributed by atoms with van der Waals surface area (Å²) in [6, 6.07) is 3.76. The first-order chi connectivity index (χ1) is 8.74. The first kappa shape index (κ1) is 13.6. The fourth-order valence-corrected chi connectivity index (χ4v) is 2.92. The number of thiophene rings is 1. The lowest BCUT2D eigenvalue weighted by atomic mass is 10.1. The van der Waals surface area contributed by atoms with Crippen molar-refractivity contribution in [3.8, 4) is 0 Å². The van der Waals surface area contributed by atoms with E-state index in [0.29, 0.717) is 19.0 Å². The highest BCUT2D eigenvalue weighted by molar-refractivity contribution is 7.16. The van der Waals surface area contributed by atoms with Gasteiger partial charge in [-0.2, -0.15) is 0 Å². The maximum Gasteiger partial charge on any atom is 0.314 e. The van der Waals surface area contributed by atoms with Gasteiger partial charge in [-0.1, -0.05) is 11.6 Å². The van der Waals surface area contributed by atoms with Gasteiger partial charge in [-0.05, 0) is 25.0 Å². The number of halogens is 1. The van der Waals surface area contributed by atoms with Gasteiger partial charge in [0.1, 0.15) is 0 Å². The average Bonchev–Trinajstić information content (AvgIpc) is 2.98. The molecule has 6 heteroatoms. The van der Waals surface area contributed by atoms with Crippen LogP contribution in [0.5, 0.6) is 0 Å². The minimum atomic E-state index is -0.107. The van der Waals surface area contributed by atoms with Crippen LogP contribution in [-0.4, -0.2) is 32.3 Å². The molecular weight excluding hydrogens is 272 g/mol. The van der Waals surface area contributed by atoms with Crippen LogP contribution in [0.1, 0.15) is 11.3 Å². The second-order valence-electron chi connectivity index (χ2n) is 4.32. The largest absolute Gasteiger partial charge is 0.381 e. The Kier molecular flexibility index (Phi) is 5.28. The molecule has 2 rings (SSSR count). The van der Waals surface area contributed by atoms with Crippen molar-refractivity contribution in [3.05, 3.63) is 21.3 Å². The van der Waals surface area contributed by atoms with Crippen LogP contribution in [0.2, 0.25) is 4.34 Å². The predicted molar refractivity (Wildman–Crippen MR) is 73.4 cm³/mol. The molecule has 0 bridgehead atoms. The summed E-state index contributed by atoms with van der Waals surface area (Å²) in [5.41, 5.74) is 0. The van der Waals surface area contributed by atoms with E-state index in [-0.39, 0.29) is 6.03 Å². The van der Waals surface area contributed by atoms with Gasteiger partial charge in [0.2, 0.25) is 0 Å². The molecule has 0 radical (unpaired) electrons. The lowest BCUT2D eigenvalue weighted by Gasteiger charge is -2.10. The van der Waals surface area contributed by atoms with Gasteiger partial charge in [-0.15, -0.1) is 11.3 Å². The number of hydrogen-bond donors (Lipinski definition) is 2. The molecule has 1 aliphatic rings. The molecule has 1 aromatic rings. The van der Waals surface area contributed by atoms with Crippen molar-refractivity contribution in [1.29, 1.82) is 0 Å². The minimum absolute atomic E-state index is 0.107. The molecular formula is C12H17ClN2O2S. The van der Waals surface area contributed by atoms with Crippen molar-refractivity contribution in [2.45, 2.75) is 12.8 Å². The molecule has 18 heavy (non-hydrogen) atoms. The molecule has 1 atom stereocenters. The third-order valence-corrected chi connectivity index (χ3v) is 4.15. The van der Waals surface area contributed by atoms with Crippen LogP contribution >= 0.6 is 22.9 Å². The fourth-order valence-electron chi connectivity index (χ4n) is 1.83. The van der Waals surface area contributed by atoms with E-state index >= 15 is 0 Å². The predicted octanol–water partition coefficient (Wildman–Crippen LogP) is 2.28. The number of amides is 2. The average molecular weight is 289 g/mol. The first-order valence-corrected chi connectivity index (χ1v) is 7.27. The lowest BCUT2D eigenvalue weighted by Crippen LogP contribution is -2.39. The van der Waals surface area contributed by atoms with E-state index in [1.807, 2.05) is 12.1 Å². The van der Waals surface area contributed by atoms with E-state index in [4.69, 9.17) is 16.3 Å². The van der Waals surface area contributed by atoms with Crippen LogP contribution in [0.25, 0.3) is 0 Å². The summed E-state index contributed by atoms with van der Waals surface area (Å²) in [7, 11) is 0. The molecule has 1 unspecified atom stereocenters. The SMILES string of the molecule is O=C(NCCc1ccc(Cl)s1)NCC1CCOC1.